The van der Waals surface area contributed by atoms with Crippen molar-refractivity contribution in [2.75, 3.05) is 0 Å². The summed E-state index contributed by atoms with van der Waals surface area (Å²) in [5, 5.41) is 0. The summed E-state index contributed by atoms with van der Waals surface area (Å²) in [6.45, 7) is 14.8. The van der Waals surface area contributed by atoms with E-state index in [0.717, 1.165) is 22.2 Å². The van der Waals surface area contributed by atoms with Gasteiger partial charge in [-0.15, -0.1) is 0 Å². The topological polar surface area (TPSA) is 0 Å². The summed E-state index contributed by atoms with van der Waals surface area (Å²) in [6, 6.07) is 0. The SMILES string of the molecule is CCC(C)[Si](C1C=CC=C1)(C(C)CC)C(C)CC. The average Bonchev–Trinajstić information content (AvgIpc) is 2.92. The molecule has 0 amide bonds. The van der Waals surface area contributed by atoms with Gasteiger partial charge in [-0.3, -0.25) is 0 Å². The third kappa shape index (κ3) is 2.52. The zero-order valence-electron chi connectivity index (χ0n) is 13.2. The molecule has 1 aliphatic carbocycles. The predicted molar refractivity (Wildman–Crippen MR) is 86.9 cm³/mol. The van der Waals surface area contributed by atoms with Gasteiger partial charge in [0.2, 0.25) is 0 Å². The monoisotopic (exact) mass is 264 g/mol. The van der Waals surface area contributed by atoms with Crippen molar-refractivity contribution < 1.29 is 0 Å². The van der Waals surface area contributed by atoms with Crippen molar-refractivity contribution in [3.05, 3.63) is 24.3 Å². The van der Waals surface area contributed by atoms with Gasteiger partial charge < -0.3 is 0 Å². The van der Waals surface area contributed by atoms with Crippen LogP contribution in [0.5, 0.6) is 0 Å². The van der Waals surface area contributed by atoms with Gasteiger partial charge >= 0.3 is 0 Å². The summed E-state index contributed by atoms with van der Waals surface area (Å²) in [5.74, 6) is 0. The van der Waals surface area contributed by atoms with Crippen LogP contribution >= 0.6 is 0 Å². The molecule has 1 rings (SSSR count). The van der Waals surface area contributed by atoms with Gasteiger partial charge in [-0.25, -0.2) is 0 Å². The van der Waals surface area contributed by atoms with Crippen LogP contribution in [-0.2, 0) is 0 Å². The van der Waals surface area contributed by atoms with Crippen molar-refractivity contribution in [3.8, 4) is 0 Å². The van der Waals surface area contributed by atoms with Crippen LogP contribution in [0.2, 0.25) is 22.2 Å². The fourth-order valence-corrected chi connectivity index (χ4v) is 12.2. The second-order valence-electron chi connectivity index (χ2n) is 6.22. The molecule has 0 aromatic carbocycles. The van der Waals surface area contributed by atoms with Crippen LogP contribution in [0.15, 0.2) is 24.3 Å². The van der Waals surface area contributed by atoms with Gasteiger partial charge in [-0.05, 0) is 22.2 Å². The van der Waals surface area contributed by atoms with E-state index in [1.807, 2.05) is 0 Å². The lowest BCUT2D eigenvalue weighted by Gasteiger charge is -2.49. The molecule has 0 bridgehead atoms. The zero-order valence-corrected chi connectivity index (χ0v) is 14.2. The van der Waals surface area contributed by atoms with E-state index in [0.29, 0.717) is 0 Å². The first-order valence-electron chi connectivity index (χ1n) is 7.90. The van der Waals surface area contributed by atoms with E-state index in [4.69, 9.17) is 0 Å². The molecule has 0 aromatic heterocycles. The molecule has 0 aromatic rings. The van der Waals surface area contributed by atoms with Crippen molar-refractivity contribution >= 4 is 8.07 Å². The summed E-state index contributed by atoms with van der Waals surface area (Å²) >= 11 is 0. The lowest BCUT2D eigenvalue weighted by Crippen LogP contribution is -2.49. The van der Waals surface area contributed by atoms with Crippen LogP contribution < -0.4 is 0 Å². The molecular weight excluding hydrogens is 232 g/mol. The van der Waals surface area contributed by atoms with Crippen LogP contribution in [0.3, 0.4) is 0 Å². The maximum atomic E-state index is 2.53. The first-order valence-corrected chi connectivity index (χ1v) is 10.2. The van der Waals surface area contributed by atoms with Gasteiger partial charge in [-0.1, -0.05) is 85.1 Å². The lowest BCUT2D eigenvalue weighted by atomic mass is 10.3. The maximum Gasteiger partial charge on any atom is 0.0732 e. The summed E-state index contributed by atoms with van der Waals surface area (Å²) in [7, 11) is -1.35. The Bertz CT molecular complexity index is 264. The minimum Gasteiger partial charge on any atom is -0.0803 e. The molecule has 3 unspecified atom stereocenters. The van der Waals surface area contributed by atoms with Gasteiger partial charge in [0, 0.05) is 0 Å². The molecule has 0 N–H and O–H groups in total. The van der Waals surface area contributed by atoms with Gasteiger partial charge in [0.1, 0.15) is 0 Å². The Hall–Kier alpha value is -0.303. The molecular formula is C17H32Si. The Labute approximate surface area is 116 Å². The van der Waals surface area contributed by atoms with Gasteiger partial charge in [0.15, 0.2) is 0 Å². The molecule has 1 aliphatic rings. The van der Waals surface area contributed by atoms with E-state index in [-0.39, 0.29) is 0 Å². The molecule has 0 aliphatic heterocycles. The molecule has 1 heteroatoms. The van der Waals surface area contributed by atoms with Gasteiger partial charge in [0.05, 0.1) is 8.07 Å². The van der Waals surface area contributed by atoms with Gasteiger partial charge in [0.25, 0.3) is 0 Å². The maximum absolute atomic E-state index is 2.53. The quantitative estimate of drug-likeness (QED) is 0.471. The minimum absolute atomic E-state index is 0.775. The highest BCUT2D eigenvalue weighted by Crippen LogP contribution is 2.54. The Kier molecular flexibility index (Phi) is 5.90. The van der Waals surface area contributed by atoms with Crippen LogP contribution in [0.1, 0.15) is 60.8 Å². The van der Waals surface area contributed by atoms with Crippen LogP contribution in [0, 0.1) is 0 Å². The van der Waals surface area contributed by atoms with E-state index in [9.17, 15) is 0 Å². The van der Waals surface area contributed by atoms with Gasteiger partial charge in [-0.2, -0.15) is 0 Å². The zero-order chi connectivity index (χ0) is 13.8. The van der Waals surface area contributed by atoms with Crippen molar-refractivity contribution in [2.45, 2.75) is 83.0 Å². The summed E-state index contributed by atoms with van der Waals surface area (Å²) < 4.78 is 0. The molecule has 0 spiro atoms. The molecule has 0 heterocycles. The smallest absolute Gasteiger partial charge is 0.0732 e. The molecule has 0 fully saturated rings. The predicted octanol–water partition coefficient (Wildman–Crippen LogP) is 6.33. The number of hydrogen-bond donors (Lipinski definition) is 0. The minimum atomic E-state index is -1.35. The van der Waals surface area contributed by atoms with Crippen LogP contribution in [0.25, 0.3) is 0 Å². The summed E-state index contributed by atoms with van der Waals surface area (Å²) in [5.41, 5.74) is 3.52. The van der Waals surface area contributed by atoms with Crippen molar-refractivity contribution in [1.29, 1.82) is 0 Å². The fourth-order valence-electron chi connectivity index (χ4n) is 4.27. The molecule has 18 heavy (non-hydrogen) atoms. The summed E-state index contributed by atoms with van der Waals surface area (Å²) in [4.78, 5) is 0. The highest BCUT2D eigenvalue weighted by Gasteiger charge is 2.49. The lowest BCUT2D eigenvalue weighted by molar-refractivity contribution is 0.673. The third-order valence-electron chi connectivity index (χ3n) is 5.72. The first-order chi connectivity index (χ1) is 8.55. The molecule has 0 nitrogen and oxygen atoms in total. The Morgan fingerprint density at radius 3 is 1.39 bits per heavy atom. The van der Waals surface area contributed by atoms with Crippen LogP contribution in [-0.4, -0.2) is 8.07 Å². The van der Waals surface area contributed by atoms with Crippen molar-refractivity contribution in [2.24, 2.45) is 0 Å². The molecule has 0 saturated heterocycles. The molecule has 0 saturated carbocycles. The van der Waals surface area contributed by atoms with E-state index in [1.54, 1.807) is 0 Å². The number of rotatable bonds is 7. The normalized spacial score (nSPS) is 23.9. The van der Waals surface area contributed by atoms with E-state index in [1.165, 1.54) is 19.3 Å². The third-order valence-corrected chi connectivity index (χ3v) is 13.6. The highest BCUT2D eigenvalue weighted by molar-refractivity contribution is 6.85. The fraction of sp³-hybridized carbons (Fsp3) is 0.765. The molecule has 104 valence electrons. The second kappa shape index (κ2) is 6.74. The van der Waals surface area contributed by atoms with E-state index in [2.05, 4.69) is 65.8 Å². The molecule has 3 atom stereocenters. The van der Waals surface area contributed by atoms with Crippen molar-refractivity contribution in [3.63, 3.8) is 0 Å². The number of allylic oxidation sites excluding steroid dienone is 4. The van der Waals surface area contributed by atoms with E-state index >= 15 is 0 Å². The Balaban J connectivity index is 3.24. The average molecular weight is 265 g/mol. The van der Waals surface area contributed by atoms with E-state index < -0.39 is 8.07 Å². The largest absolute Gasteiger partial charge is 0.0803 e. The highest BCUT2D eigenvalue weighted by atomic mass is 28.3. The second-order valence-corrected chi connectivity index (χ2v) is 11.8. The van der Waals surface area contributed by atoms with Crippen LogP contribution in [0.4, 0.5) is 0 Å². The Morgan fingerprint density at radius 2 is 1.11 bits per heavy atom. The molecule has 0 radical (unpaired) electrons. The standard InChI is InChI=1S/C17H32Si/c1-7-14(4)18(15(5)8-2,16(6)9-3)17-12-10-11-13-17/h10-17H,7-9H2,1-6H3. The first kappa shape index (κ1) is 15.8. The van der Waals surface area contributed by atoms with Crippen molar-refractivity contribution in [1.82, 2.24) is 0 Å². The Morgan fingerprint density at radius 1 is 0.778 bits per heavy atom. The summed E-state index contributed by atoms with van der Waals surface area (Å²) in [6.07, 6.45) is 13.6. The number of hydrogen-bond acceptors (Lipinski definition) is 0.